The van der Waals surface area contributed by atoms with Crippen LogP contribution in [0.4, 0.5) is 24.9 Å². The highest BCUT2D eigenvalue weighted by Crippen LogP contribution is 2.24. The van der Waals surface area contributed by atoms with Gasteiger partial charge >= 0.3 is 12.1 Å². The molecule has 0 spiro atoms. The van der Waals surface area contributed by atoms with Gasteiger partial charge in [-0.15, -0.1) is 0 Å². The van der Waals surface area contributed by atoms with Crippen molar-refractivity contribution in [2.45, 2.75) is 71.1 Å². The topological polar surface area (TPSA) is 116 Å². The lowest BCUT2D eigenvalue weighted by Crippen LogP contribution is -2.41. The molecule has 0 bridgehead atoms. The number of aromatic nitrogens is 2. The van der Waals surface area contributed by atoms with Gasteiger partial charge in [0.15, 0.2) is 0 Å². The lowest BCUT2D eigenvalue weighted by atomic mass is 9.89. The number of halogens is 3. The largest absolute Gasteiger partial charge is 0.490 e. The molecular formula is C31H38F3N5O3. The smallest absolute Gasteiger partial charge is 0.475 e. The van der Waals surface area contributed by atoms with Gasteiger partial charge in [0.2, 0.25) is 11.9 Å². The molecule has 42 heavy (non-hydrogen) atoms. The first-order valence-corrected chi connectivity index (χ1v) is 14.0. The van der Waals surface area contributed by atoms with Gasteiger partial charge in [-0.1, -0.05) is 79.4 Å². The second-order valence-corrected chi connectivity index (χ2v) is 10.5. The standard InChI is InChI=1S/C29H37N5O.C2HF3O2/c1-21-13-15-25(16-14-21)19-30-28(35)26(18-23-9-5-3-6-10-23)33-27-17-22(2)32-29(34-27)31-20-24-11-7-4-8-12-24;3-2(4,5)1(6)7/h3,5-6,9-10,13-17,24,26H,4,7-8,11-12,18-20H2,1-2H3,(H,30,35)(H2,31,32,33,34);(H,6,7)/t26-;/m0./s1. The summed E-state index contributed by atoms with van der Waals surface area (Å²) in [6.07, 6.45) is 1.99. The van der Waals surface area contributed by atoms with Crippen LogP contribution in [-0.2, 0) is 22.6 Å². The number of amides is 1. The van der Waals surface area contributed by atoms with Crippen LogP contribution in [0.25, 0.3) is 0 Å². The summed E-state index contributed by atoms with van der Waals surface area (Å²) < 4.78 is 31.7. The van der Waals surface area contributed by atoms with E-state index in [0.717, 1.165) is 23.4 Å². The van der Waals surface area contributed by atoms with E-state index in [0.29, 0.717) is 30.6 Å². The molecule has 1 fully saturated rings. The molecule has 11 heteroatoms. The number of carboxylic acid groups (broad SMARTS) is 1. The number of aryl methyl sites for hydroxylation is 2. The van der Waals surface area contributed by atoms with E-state index >= 15 is 0 Å². The minimum Gasteiger partial charge on any atom is -0.475 e. The van der Waals surface area contributed by atoms with E-state index in [1.807, 2.05) is 55.5 Å². The van der Waals surface area contributed by atoms with Crippen molar-refractivity contribution < 1.29 is 27.9 Å². The number of aliphatic carboxylic acids is 1. The van der Waals surface area contributed by atoms with E-state index in [-0.39, 0.29) is 5.91 Å². The molecule has 1 amide bonds. The third-order valence-corrected chi connectivity index (χ3v) is 6.88. The maximum atomic E-state index is 13.3. The molecule has 1 heterocycles. The fourth-order valence-electron chi connectivity index (χ4n) is 4.60. The van der Waals surface area contributed by atoms with Crippen LogP contribution in [0, 0.1) is 19.8 Å². The first kappa shape index (κ1) is 32.4. The summed E-state index contributed by atoms with van der Waals surface area (Å²) in [6.45, 7) is 5.41. The van der Waals surface area contributed by atoms with Gasteiger partial charge in [-0.3, -0.25) is 4.79 Å². The Hall–Kier alpha value is -4.15. The Bertz CT molecular complexity index is 1280. The molecule has 1 aromatic heterocycles. The number of anilines is 2. The maximum absolute atomic E-state index is 13.3. The Kier molecular flexibility index (Phi) is 12.1. The summed E-state index contributed by atoms with van der Waals surface area (Å²) >= 11 is 0. The third-order valence-electron chi connectivity index (χ3n) is 6.88. The Morgan fingerprint density at radius 3 is 2.21 bits per heavy atom. The first-order chi connectivity index (χ1) is 20.0. The second-order valence-electron chi connectivity index (χ2n) is 10.5. The van der Waals surface area contributed by atoms with E-state index in [1.54, 1.807) is 0 Å². The molecule has 0 unspecified atom stereocenters. The molecule has 0 radical (unpaired) electrons. The van der Waals surface area contributed by atoms with Gasteiger partial charge in [0.25, 0.3) is 0 Å². The summed E-state index contributed by atoms with van der Waals surface area (Å²) in [5.74, 6) is -0.843. The number of benzene rings is 2. The van der Waals surface area contributed by atoms with Gasteiger partial charge in [0.05, 0.1) is 0 Å². The number of nitrogens with zero attached hydrogens (tertiary/aromatic N) is 2. The molecular weight excluding hydrogens is 547 g/mol. The summed E-state index contributed by atoms with van der Waals surface area (Å²) in [5, 5.41) is 17.0. The van der Waals surface area contributed by atoms with Crippen molar-refractivity contribution in [1.29, 1.82) is 0 Å². The molecule has 1 aliphatic rings. The van der Waals surface area contributed by atoms with Crippen LogP contribution in [0.5, 0.6) is 0 Å². The number of nitrogens with one attached hydrogen (secondary N) is 3. The third kappa shape index (κ3) is 11.4. The summed E-state index contributed by atoms with van der Waals surface area (Å²) in [4.78, 5) is 31.4. The quantitative estimate of drug-likeness (QED) is 0.229. The van der Waals surface area contributed by atoms with Gasteiger partial charge in [-0.2, -0.15) is 18.2 Å². The van der Waals surface area contributed by atoms with Crippen molar-refractivity contribution >= 4 is 23.6 Å². The van der Waals surface area contributed by atoms with Gasteiger partial charge in [0.1, 0.15) is 11.9 Å². The van der Waals surface area contributed by atoms with E-state index in [9.17, 15) is 18.0 Å². The van der Waals surface area contributed by atoms with Crippen molar-refractivity contribution in [2.24, 2.45) is 5.92 Å². The highest BCUT2D eigenvalue weighted by Gasteiger charge is 2.38. The van der Waals surface area contributed by atoms with Crippen LogP contribution in [0.15, 0.2) is 60.7 Å². The van der Waals surface area contributed by atoms with E-state index in [4.69, 9.17) is 14.9 Å². The molecule has 1 saturated carbocycles. The average molecular weight is 586 g/mol. The van der Waals surface area contributed by atoms with Gasteiger partial charge in [0, 0.05) is 31.3 Å². The first-order valence-electron chi connectivity index (χ1n) is 14.0. The second kappa shape index (κ2) is 15.7. The monoisotopic (exact) mass is 585 g/mol. The molecule has 1 aliphatic carbocycles. The fraction of sp³-hybridized carbons (Fsp3) is 0.419. The van der Waals surface area contributed by atoms with Gasteiger partial charge in [-0.05, 0) is 43.7 Å². The Balaban J connectivity index is 0.000000616. The number of alkyl halides is 3. The molecule has 4 rings (SSSR count). The van der Waals surface area contributed by atoms with Crippen LogP contribution in [0.3, 0.4) is 0 Å². The predicted molar refractivity (Wildman–Crippen MR) is 156 cm³/mol. The predicted octanol–water partition coefficient (Wildman–Crippen LogP) is 6.06. The minimum atomic E-state index is -5.08. The molecule has 1 atom stereocenters. The molecule has 226 valence electrons. The van der Waals surface area contributed by atoms with Crippen LogP contribution < -0.4 is 16.0 Å². The summed E-state index contributed by atoms with van der Waals surface area (Å²) in [7, 11) is 0. The zero-order valence-electron chi connectivity index (χ0n) is 23.9. The number of carbonyl (C=O) groups excluding carboxylic acids is 1. The summed E-state index contributed by atoms with van der Waals surface area (Å²) in [5.41, 5.74) is 4.24. The van der Waals surface area contributed by atoms with Gasteiger partial charge in [-0.25, -0.2) is 9.78 Å². The van der Waals surface area contributed by atoms with E-state index in [1.165, 1.54) is 37.7 Å². The Morgan fingerprint density at radius 1 is 0.952 bits per heavy atom. The van der Waals surface area contributed by atoms with Crippen LogP contribution in [-0.4, -0.2) is 45.7 Å². The van der Waals surface area contributed by atoms with Crippen molar-refractivity contribution in [3.63, 3.8) is 0 Å². The zero-order chi connectivity index (χ0) is 30.5. The Morgan fingerprint density at radius 2 is 1.60 bits per heavy atom. The van der Waals surface area contributed by atoms with Gasteiger partial charge < -0.3 is 21.1 Å². The van der Waals surface area contributed by atoms with Crippen molar-refractivity contribution in [2.75, 3.05) is 17.2 Å². The van der Waals surface area contributed by atoms with Crippen molar-refractivity contribution in [1.82, 2.24) is 15.3 Å². The molecule has 0 aliphatic heterocycles. The van der Waals surface area contributed by atoms with Crippen molar-refractivity contribution in [3.05, 3.63) is 83.0 Å². The zero-order valence-corrected chi connectivity index (χ0v) is 23.9. The number of hydrogen-bond donors (Lipinski definition) is 4. The minimum absolute atomic E-state index is 0.0533. The van der Waals surface area contributed by atoms with E-state index < -0.39 is 18.2 Å². The highest BCUT2D eigenvalue weighted by molar-refractivity contribution is 5.84. The van der Waals surface area contributed by atoms with Crippen molar-refractivity contribution in [3.8, 4) is 0 Å². The highest BCUT2D eigenvalue weighted by atomic mass is 19.4. The SMILES string of the molecule is Cc1ccc(CNC(=O)[C@H](Cc2ccccc2)Nc2cc(C)nc(NCC3CCCCC3)n2)cc1.O=C(O)C(F)(F)F. The van der Waals surface area contributed by atoms with Crippen LogP contribution >= 0.6 is 0 Å². The molecule has 3 aromatic rings. The maximum Gasteiger partial charge on any atom is 0.490 e. The number of hydrogen-bond acceptors (Lipinski definition) is 6. The molecule has 0 saturated heterocycles. The number of carbonyl (C=O) groups is 2. The number of carboxylic acids is 1. The molecule has 8 nitrogen and oxygen atoms in total. The lowest BCUT2D eigenvalue weighted by Gasteiger charge is -2.22. The lowest BCUT2D eigenvalue weighted by molar-refractivity contribution is -0.192. The average Bonchev–Trinajstić information content (AvgIpc) is 2.96. The Labute approximate surface area is 244 Å². The normalized spacial score (nSPS) is 14.2. The van der Waals surface area contributed by atoms with Crippen LogP contribution in [0.1, 0.15) is 54.5 Å². The summed E-state index contributed by atoms with van der Waals surface area (Å²) in [6, 6.07) is 19.7. The molecule has 2 aromatic carbocycles. The van der Waals surface area contributed by atoms with E-state index in [2.05, 4.69) is 40.0 Å². The molecule has 4 N–H and O–H groups in total. The number of rotatable bonds is 10. The van der Waals surface area contributed by atoms with Crippen LogP contribution in [0.2, 0.25) is 0 Å². The fourth-order valence-corrected chi connectivity index (χ4v) is 4.60.